The van der Waals surface area contributed by atoms with Gasteiger partial charge in [0.1, 0.15) is 0 Å². The predicted octanol–water partition coefficient (Wildman–Crippen LogP) is 2.72. The molecule has 0 saturated carbocycles. The van der Waals surface area contributed by atoms with Crippen LogP contribution in [0.25, 0.3) is 0 Å². The van der Waals surface area contributed by atoms with Crippen LogP contribution in [0.4, 0.5) is 13.2 Å². The van der Waals surface area contributed by atoms with E-state index < -0.39 is 25.5 Å². The maximum atomic E-state index is 12.3. The third-order valence-electron chi connectivity index (χ3n) is 3.19. The lowest BCUT2D eigenvalue weighted by Crippen LogP contribution is -2.38. The molecule has 1 aromatic carbocycles. The first-order chi connectivity index (χ1) is 12.1. The van der Waals surface area contributed by atoms with Crippen molar-refractivity contribution in [2.75, 3.05) is 0 Å². The normalized spacial score (nSPS) is 12.3. The van der Waals surface area contributed by atoms with Crippen molar-refractivity contribution >= 4 is 20.0 Å². The molecule has 150 valence electrons. The van der Waals surface area contributed by atoms with Crippen molar-refractivity contribution in [3.8, 4) is 0 Å². The molecule has 2 aromatic rings. The number of aryl methyl sites for hydroxylation is 3. The molecule has 1 heterocycles. The zero-order chi connectivity index (χ0) is 21.0. The lowest BCUT2D eigenvalue weighted by molar-refractivity contribution is -0.678. The van der Waals surface area contributed by atoms with Gasteiger partial charge in [-0.2, -0.15) is 26.2 Å². The molecule has 0 aliphatic heterocycles. The fraction of sp³-hybridized carbons (Fsp3) is 0.312. The molecule has 0 saturated heterocycles. The summed E-state index contributed by atoms with van der Waals surface area (Å²) >= 11 is 0. The van der Waals surface area contributed by atoms with Crippen molar-refractivity contribution in [1.29, 1.82) is 0 Å². The quantitative estimate of drug-likeness (QED) is 0.463. The summed E-state index contributed by atoms with van der Waals surface area (Å²) in [6.45, 7) is 5.86. The summed E-state index contributed by atoms with van der Waals surface area (Å²) in [5.41, 5.74) is -2.37. The Hall–Kier alpha value is -1.98. The van der Waals surface area contributed by atoms with Crippen molar-refractivity contribution in [1.82, 2.24) is 0 Å². The Bertz CT molecular complexity index is 979. The molecule has 0 bridgehead atoms. The predicted molar refractivity (Wildman–Crippen MR) is 92.1 cm³/mol. The second-order valence-electron chi connectivity index (χ2n) is 5.88. The molecule has 0 aliphatic rings. The number of pyridine rings is 1. The molecule has 0 amide bonds. The van der Waals surface area contributed by atoms with E-state index in [4.69, 9.17) is 13.0 Å². The number of aromatic nitrogens is 1. The van der Waals surface area contributed by atoms with Crippen LogP contribution in [0.15, 0.2) is 47.6 Å². The highest BCUT2D eigenvalue weighted by molar-refractivity contribution is 7.90. The van der Waals surface area contributed by atoms with Gasteiger partial charge >= 0.3 is 15.6 Å². The number of benzene rings is 1. The van der Waals surface area contributed by atoms with Gasteiger partial charge in [-0.15, -0.1) is 0 Å². The molecule has 0 spiro atoms. The van der Waals surface area contributed by atoms with Crippen LogP contribution < -0.4 is 4.57 Å². The molecule has 11 heteroatoms. The van der Waals surface area contributed by atoms with Gasteiger partial charge in [-0.1, -0.05) is 17.7 Å². The molecule has 0 radical (unpaired) electrons. The third-order valence-corrected chi connectivity index (χ3v) is 5.40. The summed E-state index contributed by atoms with van der Waals surface area (Å²) in [4.78, 5) is 0.366. The van der Waals surface area contributed by atoms with E-state index in [1.54, 1.807) is 16.7 Å². The Kier molecular flexibility index (Phi) is 7.14. The molecule has 2 rings (SSSR count). The molecule has 1 N–H and O–H groups in total. The number of hydrogen-bond donors (Lipinski definition) is 1. The summed E-state index contributed by atoms with van der Waals surface area (Å²) in [6, 6.07) is 8.98. The number of halogens is 3. The van der Waals surface area contributed by atoms with Gasteiger partial charge in [0.15, 0.2) is 12.4 Å². The van der Waals surface area contributed by atoms with Crippen LogP contribution in [-0.2, 0) is 25.8 Å². The van der Waals surface area contributed by atoms with E-state index in [-0.39, 0.29) is 5.88 Å². The van der Waals surface area contributed by atoms with Crippen LogP contribution in [0.2, 0.25) is 0 Å². The standard InChI is InChI=1S/C15H18NO2S.CHF3O3S/c1-12-4-6-15(7-5-12)19(17,18)11-16-9-13(2)8-14(3)10-16;2-1(3,4)8(5,6)7/h4-10H,11H2,1-3H3;(H,5,6,7)/q+1;. The number of sulfone groups is 1. The van der Waals surface area contributed by atoms with Crippen LogP contribution in [0.5, 0.6) is 0 Å². The van der Waals surface area contributed by atoms with Crippen LogP contribution in [-0.4, -0.2) is 26.9 Å². The minimum atomic E-state index is -5.84. The molecule has 1 aromatic heterocycles. The molecule has 0 atom stereocenters. The van der Waals surface area contributed by atoms with Gasteiger partial charge in [0.25, 0.3) is 5.88 Å². The monoisotopic (exact) mass is 426 g/mol. The molecule has 0 aliphatic carbocycles. The Morgan fingerprint density at radius 2 is 1.30 bits per heavy atom. The molecule has 27 heavy (non-hydrogen) atoms. The van der Waals surface area contributed by atoms with Gasteiger partial charge in [-0.3, -0.25) is 4.55 Å². The third kappa shape index (κ3) is 7.27. The summed E-state index contributed by atoms with van der Waals surface area (Å²) in [6.07, 6.45) is 3.69. The SMILES string of the molecule is Cc1ccc(S(=O)(=O)C[n+]2cc(C)cc(C)c2)cc1.O=S(=O)(O)C(F)(F)F. The van der Waals surface area contributed by atoms with E-state index >= 15 is 0 Å². The lowest BCUT2D eigenvalue weighted by Gasteiger charge is -2.03. The van der Waals surface area contributed by atoms with E-state index in [2.05, 4.69) is 0 Å². The first kappa shape index (κ1) is 23.1. The highest BCUT2D eigenvalue weighted by Gasteiger charge is 2.44. The van der Waals surface area contributed by atoms with E-state index in [1.165, 1.54) is 0 Å². The van der Waals surface area contributed by atoms with Crippen molar-refractivity contribution < 1.29 is 39.1 Å². The molecule has 0 unspecified atom stereocenters. The molecular weight excluding hydrogens is 407 g/mol. The Balaban J connectivity index is 0.000000387. The first-order valence-corrected chi connectivity index (χ1v) is 10.5. The maximum absolute atomic E-state index is 12.3. The van der Waals surface area contributed by atoms with Crippen LogP contribution in [0.1, 0.15) is 16.7 Å². The van der Waals surface area contributed by atoms with Crippen molar-refractivity contribution in [3.05, 3.63) is 59.4 Å². The van der Waals surface area contributed by atoms with E-state index in [9.17, 15) is 21.6 Å². The largest absolute Gasteiger partial charge is 0.522 e. The topological polar surface area (TPSA) is 92.4 Å². The summed E-state index contributed by atoms with van der Waals surface area (Å²) < 4.78 is 83.9. The summed E-state index contributed by atoms with van der Waals surface area (Å²) in [5, 5.41) is 0. The number of rotatable bonds is 3. The minimum absolute atomic E-state index is 0.0292. The zero-order valence-corrected chi connectivity index (χ0v) is 16.4. The van der Waals surface area contributed by atoms with E-state index in [1.807, 2.05) is 51.4 Å². The van der Waals surface area contributed by atoms with Crippen molar-refractivity contribution in [2.45, 2.75) is 37.1 Å². The number of hydrogen-bond acceptors (Lipinski definition) is 4. The number of alkyl halides is 3. The van der Waals surface area contributed by atoms with Crippen LogP contribution in [0.3, 0.4) is 0 Å². The number of nitrogens with zero attached hydrogens (tertiary/aromatic N) is 1. The van der Waals surface area contributed by atoms with Gasteiger partial charge < -0.3 is 0 Å². The second kappa shape index (κ2) is 8.36. The smallest absolute Gasteiger partial charge is 0.279 e. The van der Waals surface area contributed by atoms with Crippen LogP contribution >= 0.6 is 0 Å². The van der Waals surface area contributed by atoms with Gasteiger partial charge in [-0.05, 0) is 39.0 Å². The van der Waals surface area contributed by atoms with Crippen molar-refractivity contribution in [3.63, 3.8) is 0 Å². The Morgan fingerprint density at radius 1 is 0.889 bits per heavy atom. The highest BCUT2D eigenvalue weighted by Crippen LogP contribution is 2.20. The fourth-order valence-corrected chi connectivity index (χ4v) is 3.33. The highest BCUT2D eigenvalue weighted by atomic mass is 32.2. The second-order valence-corrected chi connectivity index (χ2v) is 9.25. The molecule has 0 fully saturated rings. The summed E-state index contributed by atoms with van der Waals surface area (Å²) in [7, 11) is -9.14. The van der Waals surface area contributed by atoms with Gasteiger partial charge in [0.2, 0.25) is 9.84 Å². The van der Waals surface area contributed by atoms with Gasteiger partial charge in [-0.25, -0.2) is 8.42 Å². The average molecular weight is 426 g/mol. The van der Waals surface area contributed by atoms with E-state index in [0.717, 1.165) is 16.7 Å². The minimum Gasteiger partial charge on any atom is -0.279 e. The molecular formula is C16H19F3NO5S2+. The Labute approximate surface area is 155 Å². The van der Waals surface area contributed by atoms with Gasteiger partial charge in [0.05, 0.1) is 4.90 Å². The summed E-state index contributed by atoms with van der Waals surface area (Å²) in [5.74, 6) is -0.0292. The Morgan fingerprint density at radius 3 is 1.67 bits per heavy atom. The lowest BCUT2D eigenvalue weighted by atomic mass is 10.2. The van der Waals surface area contributed by atoms with Crippen molar-refractivity contribution in [2.24, 2.45) is 0 Å². The van der Waals surface area contributed by atoms with E-state index in [0.29, 0.717) is 4.90 Å². The molecule has 6 nitrogen and oxygen atoms in total. The first-order valence-electron chi connectivity index (χ1n) is 7.42. The van der Waals surface area contributed by atoms with Gasteiger partial charge in [0, 0.05) is 11.1 Å². The maximum Gasteiger partial charge on any atom is 0.522 e. The van der Waals surface area contributed by atoms with Crippen LogP contribution in [0, 0.1) is 20.8 Å². The fourth-order valence-electron chi connectivity index (χ4n) is 2.08. The zero-order valence-electron chi connectivity index (χ0n) is 14.7. The average Bonchev–Trinajstić information content (AvgIpc) is 2.44.